The zero-order valence-electron chi connectivity index (χ0n) is 22.9. The summed E-state index contributed by atoms with van der Waals surface area (Å²) in [7, 11) is 2.62. The molecule has 12 nitrogen and oxygen atoms in total. The number of carbonyl (C=O) groups is 4. The Morgan fingerprint density at radius 3 is 1.19 bits per heavy atom. The van der Waals surface area contributed by atoms with Gasteiger partial charge in [-0.05, 0) is 67.2 Å². The largest absolute Gasteiger partial charge is 0.467 e. The van der Waals surface area contributed by atoms with E-state index in [0.717, 1.165) is 0 Å². The lowest BCUT2D eigenvalue weighted by Gasteiger charge is -2.37. The number of nitrogens with two attached hydrogens (primary N) is 2. The predicted molar refractivity (Wildman–Crippen MR) is 132 cm³/mol. The highest BCUT2D eigenvalue weighted by molar-refractivity contribution is 5.82. The van der Waals surface area contributed by atoms with Crippen molar-refractivity contribution >= 4 is 24.1 Å². The highest BCUT2D eigenvalue weighted by atomic mass is 16.6. The van der Waals surface area contributed by atoms with Gasteiger partial charge in [0.15, 0.2) is 0 Å². The van der Waals surface area contributed by atoms with E-state index in [2.05, 4.69) is 0 Å². The molecule has 2 aliphatic rings. The molecule has 2 heterocycles. The smallest absolute Gasteiger partial charge is 0.411 e. The van der Waals surface area contributed by atoms with Gasteiger partial charge in [-0.3, -0.25) is 9.80 Å². The van der Waals surface area contributed by atoms with E-state index in [9.17, 15) is 19.2 Å². The van der Waals surface area contributed by atoms with Gasteiger partial charge in [-0.1, -0.05) is 0 Å². The van der Waals surface area contributed by atoms with Crippen LogP contribution in [0.2, 0.25) is 0 Å². The maximum absolute atomic E-state index is 12.0. The monoisotopic (exact) mass is 516 g/mol. The lowest BCUT2D eigenvalue weighted by Crippen LogP contribution is -2.55. The number of hydrogen-bond acceptors (Lipinski definition) is 10. The molecule has 4 N–H and O–H groups in total. The summed E-state index contributed by atoms with van der Waals surface area (Å²) in [4.78, 5) is 50.1. The number of rotatable bonds is 2. The molecule has 0 aliphatic carbocycles. The third-order valence-corrected chi connectivity index (χ3v) is 5.44. The Morgan fingerprint density at radius 1 is 0.639 bits per heavy atom. The molecule has 2 amide bonds. The number of piperidine rings is 2. The van der Waals surface area contributed by atoms with Crippen LogP contribution < -0.4 is 11.5 Å². The second-order valence-electron chi connectivity index (χ2n) is 11.0. The minimum Gasteiger partial charge on any atom is -0.467 e. The van der Waals surface area contributed by atoms with Crippen LogP contribution in [0.25, 0.3) is 0 Å². The summed E-state index contributed by atoms with van der Waals surface area (Å²) < 4.78 is 20.0. The van der Waals surface area contributed by atoms with Gasteiger partial charge >= 0.3 is 24.1 Å². The Labute approximate surface area is 213 Å². The lowest BCUT2D eigenvalue weighted by molar-refractivity contribution is -0.148. The molecular weight excluding hydrogens is 472 g/mol. The maximum atomic E-state index is 12.0. The molecule has 208 valence electrons. The average Bonchev–Trinajstić information content (AvgIpc) is 2.76. The predicted octanol–water partition coefficient (Wildman–Crippen LogP) is 1.77. The van der Waals surface area contributed by atoms with Crippen LogP contribution in [0.5, 0.6) is 0 Å². The van der Waals surface area contributed by atoms with Gasteiger partial charge < -0.3 is 30.4 Å². The van der Waals surface area contributed by atoms with Crippen LogP contribution in [0.15, 0.2) is 0 Å². The van der Waals surface area contributed by atoms with E-state index in [0.29, 0.717) is 38.8 Å². The van der Waals surface area contributed by atoms with Crippen molar-refractivity contribution in [3.05, 3.63) is 0 Å². The van der Waals surface area contributed by atoms with Crippen molar-refractivity contribution in [2.24, 2.45) is 11.5 Å². The molecule has 0 aromatic rings. The number of hydrogen-bond donors (Lipinski definition) is 2. The van der Waals surface area contributed by atoms with Crippen LogP contribution in [0, 0.1) is 0 Å². The molecule has 0 bridgehead atoms. The van der Waals surface area contributed by atoms with Crippen molar-refractivity contribution in [1.82, 2.24) is 9.80 Å². The molecule has 0 saturated carbocycles. The Hall–Kier alpha value is -2.60. The topological polar surface area (TPSA) is 164 Å². The molecule has 0 radical (unpaired) electrons. The summed E-state index contributed by atoms with van der Waals surface area (Å²) in [6, 6.07) is -1.44. The molecule has 0 aromatic heterocycles. The number of carbonyl (C=O) groups excluding carboxylic acids is 4. The Kier molecular flexibility index (Phi) is 11.4. The summed E-state index contributed by atoms with van der Waals surface area (Å²) >= 11 is 0. The SMILES string of the molecule is COC(=O)[C@@H]1CC[C@@H](N)CN1C(=O)OC(C)(C)C.COC(=O)[C@H]1CC[C@H](N)CN1C(=O)OC(C)(C)C. The molecule has 0 aromatic carbocycles. The van der Waals surface area contributed by atoms with Crippen molar-refractivity contribution in [3.8, 4) is 0 Å². The first-order valence-corrected chi connectivity index (χ1v) is 12.1. The number of esters is 2. The van der Waals surface area contributed by atoms with Crippen molar-refractivity contribution in [1.29, 1.82) is 0 Å². The van der Waals surface area contributed by atoms with Gasteiger partial charge in [0.2, 0.25) is 0 Å². The number of likely N-dealkylation sites (tertiary alicyclic amines) is 2. The van der Waals surface area contributed by atoms with Gasteiger partial charge in [0.1, 0.15) is 23.3 Å². The van der Waals surface area contributed by atoms with E-state index in [-0.39, 0.29) is 12.1 Å². The summed E-state index contributed by atoms with van der Waals surface area (Å²) in [6.07, 6.45) is 1.36. The van der Waals surface area contributed by atoms with Gasteiger partial charge in [0.05, 0.1) is 14.2 Å². The molecule has 36 heavy (non-hydrogen) atoms. The molecule has 2 fully saturated rings. The van der Waals surface area contributed by atoms with Gasteiger partial charge in [-0.15, -0.1) is 0 Å². The highest BCUT2D eigenvalue weighted by Crippen LogP contribution is 2.22. The molecule has 2 saturated heterocycles. The number of ether oxygens (including phenoxy) is 4. The molecular formula is C24H44N4O8. The number of nitrogens with zero attached hydrogens (tertiary/aromatic N) is 2. The molecule has 12 heteroatoms. The van der Waals surface area contributed by atoms with Crippen LogP contribution in [-0.4, -0.2) is 96.6 Å². The summed E-state index contributed by atoms with van der Waals surface area (Å²) in [5.74, 6) is -0.847. The van der Waals surface area contributed by atoms with E-state index < -0.39 is 47.4 Å². The van der Waals surface area contributed by atoms with Crippen molar-refractivity contribution < 1.29 is 38.1 Å². The van der Waals surface area contributed by atoms with E-state index in [1.165, 1.54) is 24.0 Å². The normalized spacial score (nSPS) is 24.6. The molecule has 2 rings (SSSR count). The average molecular weight is 517 g/mol. The van der Waals surface area contributed by atoms with Crippen LogP contribution in [0.1, 0.15) is 67.2 Å². The third kappa shape index (κ3) is 10.2. The van der Waals surface area contributed by atoms with Crippen molar-refractivity contribution in [2.45, 2.75) is 103 Å². The van der Waals surface area contributed by atoms with Gasteiger partial charge in [-0.25, -0.2) is 19.2 Å². The zero-order chi connectivity index (χ0) is 27.8. The quantitative estimate of drug-likeness (QED) is 0.408. The second kappa shape index (κ2) is 13.1. The first-order valence-electron chi connectivity index (χ1n) is 12.1. The highest BCUT2D eigenvalue weighted by Gasteiger charge is 2.39. The van der Waals surface area contributed by atoms with Crippen molar-refractivity contribution in [3.63, 3.8) is 0 Å². The van der Waals surface area contributed by atoms with Crippen LogP contribution >= 0.6 is 0 Å². The van der Waals surface area contributed by atoms with E-state index in [1.54, 1.807) is 41.5 Å². The first-order chi connectivity index (χ1) is 16.5. The van der Waals surface area contributed by atoms with Crippen molar-refractivity contribution in [2.75, 3.05) is 27.3 Å². The number of amides is 2. The minimum atomic E-state index is -0.598. The lowest BCUT2D eigenvalue weighted by atomic mass is 9.99. The van der Waals surface area contributed by atoms with E-state index in [4.69, 9.17) is 30.4 Å². The molecule has 0 spiro atoms. The second-order valence-corrected chi connectivity index (χ2v) is 11.0. The van der Waals surface area contributed by atoms with E-state index in [1.807, 2.05) is 0 Å². The maximum Gasteiger partial charge on any atom is 0.411 e. The molecule has 0 unspecified atom stereocenters. The third-order valence-electron chi connectivity index (χ3n) is 5.44. The Balaban J connectivity index is 0.000000360. The fraction of sp³-hybridized carbons (Fsp3) is 0.833. The molecule has 4 atom stereocenters. The molecule has 2 aliphatic heterocycles. The first kappa shape index (κ1) is 31.4. The summed E-state index contributed by atoms with van der Waals surface area (Å²) in [6.45, 7) is 11.3. The summed E-state index contributed by atoms with van der Waals surface area (Å²) in [5.41, 5.74) is 10.5. The zero-order valence-corrected chi connectivity index (χ0v) is 22.9. The van der Waals surface area contributed by atoms with Crippen LogP contribution in [0.4, 0.5) is 9.59 Å². The Morgan fingerprint density at radius 2 is 0.944 bits per heavy atom. The van der Waals surface area contributed by atoms with Gasteiger partial charge in [-0.2, -0.15) is 0 Å². The van der Waals surface area contributed by atoms with Crippen LogP contribution in [0.3, 0.4) is 0 Å². The standard InChI is InChI=1S/2C12H22N2O4/c2*1-12(2,3)18-11(16)14-7-8(13)5-6-9(14)10(15)17-4/h2*8-9H,5-7,13H2,1-4H3/t2*8-,9+/m10/s1. The van der Waals surface area contributed by atoms with Crippen LogP contribution in [-0.2, 0) is 28.5 Å². The summed E-state index contributed by atoms with van der Waals surface area (Å²) in [5, 5.41) is 0. The minimum absolute atomic E-state index is 0.126. The van der Waals surface area contributed by atoms with Gasteiger partial charge in [0.25, 0.3) is 0 Å². The number of methoxy groups -OCH3 is 2. The Bertz CT molecular complexity index is 713. The van der Waals surface area contributed by atoms with Gasteiger partial charge in [0, 0.05) is 25.2 Å². The fourth-order valence-corrected chi connectivity index (χ4v) is 3.80. The fourth-order valence-electron chi connectivity index (χ4n) is 3.80. The van der Waals surface area contributed by atoms with E-state index >= 15 is 0 Å².